The summed E-state index contributed by atoms with van der Waals surface area (Å²) in [6, 6.07) is 3.59. The molecule has 1 atom stereocenters. The molecule has 90 valence electrons. The Morgan fingerprint density at radius 1 is 1.62 bits per heavy atom. The van der Waals surface area contributed by atoms with Crippen molar-refractivity contribution >= 4 is 17.2 Å². The van der Waals surface area contributed by atoms with Gasteiger partial charge in [-0.25, -0.2) is 0 Å². The SMILES string of the molecule is C=C(O)C(C)CNC(=O)c1cccs1.CC. The number of aliphatic hydroxyl groups excluding tert-OH is 1. The molecule has 1 aromatic rings. The minimum atomic E-state index is -0.112. The second-order valence-electron chi connectivity index (χ2n) is 3.08. The Morgan fingerprint density at radius 2 is 2.25 bits per heavy atom. The van der Waals surface area contributed by atoms with Crippen LogP contribution in [0.25, 0.3) is 0 Å². The molecule has 1 rings (SSSR count). The maximum Gasteiger partial charge on any atom is 0.261 e. The Labute approximate surface area is 101 Å². The molecule has 1 heterocycles. The summed E-state index contributed by atoms with van der Waals surface area (Å²) in [5.41, 5.74) is 0. The lowest BCUT2D eigenvalue weighted by Crippen LogP contribution is -2.28. The van der Waals surface area contributed by atoms with E-state index in [4.69, 9.17) is 5.11 Å². The number of carbonyl (C=O) groups is 1. The minimum Gasteiger partial charge on any atom is -0.513 e. The predicted molar refractivity (Wildman–Crippen MR) is 68.9 cm³/mol. The third-order valence-corrected chi connectivity index (χ3v) is 2.75. The summed E-state index contributed by atoms with van der Waals surface area (Å²) in [4.78, 5) is 12.1. The standard InChI is InChI=1S/C10H13NO2S.C2H6/c1-7(8(2)12)6-11-10(13)9-4-3-5-14-9;1-2/h3-5,7,12H,2,6H2,1H3,(H,11,13);1-2H3. The lowest BCUT2D eigenvalue weighted by atomic mass is 10.1. The average molecular weight is 241 g/mol. The molecule has 1 aromatic heterocycles. The lowest BCUT2D eigenvalue weighted by Gasteiger charge is -2.09. The van der Waals surface area contributed by atoms with Gasteiger partial charge in [0.25, 0.3) is 5.91 Å². The summed E-state index contributed by atoms with van der Waals surface area (Å²) in [6.45, 7) is 9.61. The molecule has 0 radical (unpaired) electrons. The van der Waals surface area contributed by atoms with E-state index >= 15 is 0 Å². The Balaban J connectivity index is 0.00000106. The number of nitrogens with one attached hydrogen (secondary N) is 1. The molecule has 0 saturated carbocycles. The van der Waals surface area contributed by atoms with Gasteiger partial charge in [-0.05, 0) is 11.4 Å². The molecule has 16 heavy (non-hydrogen) atoms. The molecule has 0 aromatic carbocycles. The fraction of sp³-hybridized carbons (Fsp3) is 0.417. The zero-order valence-electron chi connectivity index (χ0n) is 9.99. The smallest absolute Gasteiger partial charge is 0.261 e. The van der Waals surface area contributed by atoms with Crippen LogP contribution in [0, 0.1) is 5.92 Å². The number of amides is 1. The van der Waals surface area contributed by atoms with Crippen LogP contribution in [0.15, 0.2) is 29.9 Å². The molecule has 0 saturated heterocycles. The Kier molecular flexibility index (Phi) is 7.29. The minimum absolute atomic E-state index is 0.0940. The first-order valence-electron chi connectivity index (χ1n) is 5.30. The van der Waals surface area contributed by atoms with E-state index in [1.54, 1.807) is 13.0 Å². The van der Waals surface area contributed by atoms with E-state index in [0.717, 1.165) is 0 Å². The van der Waals surface area contributed by atoms with E-state index in [1.807, 2.05) is 25.3 Å². The van der Waals surface area contributed by atoms with Crippen LogP contribution >= 0.6 is 11.3 Å². The molecule has 1 unspecified atom stereocenters. The third-order valence-electron chi connectivity index (χ3n) is 1.88. The first-order chi connectivity index (χ1) is 7.61. The van der Waals surface area contributed by atoms with Crippen LogP contribution in [-0.2, 0) is 0 Å². The Hall–Kier alpha value is -1.29. The van der Waals surface area contributed by atoms with Crippen molar-refractivity contribution in [3.8, 4) is 0 Å². The molecule has 0 spiro atoms. The zero-order valence-corrected chi connectivity index (χ0v) is 10.8. The molecular weight excluding hydrogens is 222 g/mol. The number of hydrogen-bond donors (Lipinski definition) is 2. The van der Waals surface area contributed by atoms with Gasteiger partial charge >= 0.3 is 0 Å². The maximum absolute atomic E-state index is 11.4. The van der Waals surface area contributed by atoms with Gasteiger partial charge in [-0.2, -0.15) is 0 Å². The largest absolute Gasteiger partial charge is 0.513 e. The van der Waals surface area contributed by atoms with Gasteiger partial charge in [-0.1, -0.05) is 33.4 Å². The summed E-state index contributed by atoms with van der Waals surface area (Å²) in [5.74, 6) is -0.122. The first-order valence-corrected chi connectivity index (χ1v) is 6.18. The highest BCUT2D eigenvalue weighted by atomic mass is 32.1. The molecule has 4 heteroatoms. The lowest BCUT2D eigenvalue weighted by molar-refractivity contribution is 0.0952. The predicted octanol–water partition coefficient (Wildman–Crippen LogP) is 3.21. The molecule has 0 aliphatic carbocycles. The first kappa shape index (κ1) is 14.7. The molecule has 0 fully saturated rings. The van der Waals surface area contributed by atoms with E-state index < -0.39 is 0 Å². The number of thiophene rings is 1. The number of rotatable bonds is 4. The van der Waals surface area contributed by atoms with E-state index in [1.165, 1.54) is 11.3 Å². The average Bonchev–Trinajstić information content (AvgIpc) is 2.81. The van der Waals surface area contributed by atoms with Gasteiger partial charge in [0.2, 0.25) is 0 Å². The van der Waals surface area contributed by atoms with Crippen LogP contribution in [0.2, 0.25) is 0 Å². The maximum atomic E-state index is 11.4. The summed E-state index contributed by atoms with van der Waals surface area (Å²) in [7, 11) is 0. The molecule has 0 aliphatic heterocycles. The van der Waals surface area contributed by atoms with Crippen LogP contribution in [0.4, 0.5) is 0 Å². The normalized spacial score (nSPS) is 10.9. The highest BCUT2D eigenvalue weighted by Gasteiger charge is 2.09. The molecule has 0 aliphatic rings. The van der Waals surface area contributed by atoms with Gasteiger partial charge in [-0.3, -0.25) is 4.79 Å². The third kappa shape index (κ3) is 4.98. The molecule has 0 bridgehead atoms. The fourth-order valence-electron chi connectivity index (χ4n) is 0.858. The van der Waals surface area contributed by atoms with Crippen LogP contribution in [0.1, 0.15) is 30.4 Å². The summed E-state index contributed by atoms with van der Waals surface area (Å²) < 4.78 is 0. The topological polar surface area (TPSA) is 49.3 Å². The van der Waals surface area contributed by atoms with Gasteiger partial charge in [-0.15, -0.1) is 11.3 Å². The van der Waals surface area contributed by atoms with E-state index in [-0.39, 0.29) is 17.6 Å². The van der Waals surface area contributed by atoms with Crippen molar-refractivity contribution in [1.29, 1.82) is 0 Å². The number of aliphatic hydroxyl groups is 1. The van der Waals surface area contributed by atoms with E-state index in [2.05, 4.69) is 11.9 Å². The number of hydrogen-bond acceptors (Lipinski definition) is 3. The monoisotopic (exact) mass is 241 g/mol. The highest BCUT2D eigenvalue weighted by Crippen LogP contribution is 2.08. The summed E-state index contributed by atoms with van der Waals surface area (Å²) in [5, 5.41) is 13.6. The Bertz CT molecular complexity index is 320. The van der Waals surface area contributed by atoms with Crippen molar-refractivity contribution in [2.45, 2.75) is 20.8 Å². The molecule has 2 N–H and O–H groups in total. The highest BCUT2D eigenvalue weighted by molar-refractivity contribution is 7.12. The zero-order chi connectivity index (χ0) is 12.6. The van der Waals surface area contributed by atoms with Gasteiger partial charge in [0.1, 0.15) is 0 Å². The molecule has 1 amide bonds. The molecule has 3 nitrogen and oxygen atoms in total. The van der Waals surface area contributed by atoms with Crippen LogP contribution in [0.3, 0.4) is 0 Å². The van der Waals surface area contributed by atoms with E-state index in [9.17, 15) is 4.79 Å². The van der Waals surface area contributed by atoms with Crippen LogP contribution in [-0.4, -0.2) is 17.6 Å². The van der Waals surface area contributed by atoms with Gasteiger partial charge in [0.15, 0.2) is 0 Å². The number of carbonyl (C=O) groups excluding carboxylic acids is 1. The van der Waals surface area contributed by atoms with Crippen molar-refractivity contribution in [3.05, 3.63) is 34.7 Å². The van der Waals surface area contributed by atoms with Crippen LogP contribution < -0.4 is 5.32 Å². The van der Waals surface area contributed by atoms with Gasteiger partial charge < -0.3 is 10.4 Å². The van der Waals surface area contributed by atoms with Crippen molar-refractivity contribution < 1.29 is 9.90 Å². The van der Waals surface area contributed by atoms with Crippen molar-refractivity contribution in [3.63, 3.8) is 0 Å². The van der Waals surface area contributed by atoms with Crippen molar-refractivity contribution in [2.75, 3.05) is 6.54 Å². The second-order valence-corrected chi connectivity index (χ2v) is 4.03. The Morgan fingerprint density at radius 3 is 2.69 bits per heavy atom. The quantitative estimate of drug-likeness (QED) is 0.795. The second kappa shape index (κ2) is 7.93. The van der Waals surface area contributed by atoms with Crippen LogP contribution in [0.5, 0.6) is 0 Å². The van der Waals surface area contributed by atoms with Crippen molar-refractivity contribution in [1.82, 2.24) is 5.32 Å². The van der Waals surface area contributed by atoms with Gasteiger partial charge in [0.05, 0.1) is 10.6 Å². The molecular formula is C12H19NO2S. The van der Waals surface area contributed by atoms with E-state index in [0.29, 0.717) is 11.4 Å². The van der Waals surface area contributed by atoms with Crippen molar-refractivity contribution in [2.24, 2.45) is 5.92 Å². The summed E-state index contributed by atoms with van der Waals surface area (Å²) >= 11 is 1.39. The fourth-order valence-corrected chi connectivity index (χ4v) is 1.50. The summed E-state index contributed by atoms with van der Waals surface area (Å²) in [6.07, 6.45) is 0. The van der Waals surface area contributed by atoms with Gasteiger partial charge in [0, 0.05) is 12.5 Å².